The van der Waals surface area contributed by atoms with Gasteiger partial charge in [-0.2, -0.15) is 5.10 Å². The fourth-order valence-corrected chi connectivity index (χ4v) is 3.75. The first-order valence-corrected chi connectivity index (χ1v) is 9.85. The van der Waals surface area contributed by atoms with E-state index in [-0.39, 0.29) is 16.0 Å². The predicted molar refractivity (Wildman–Crippen MR) is 110 cm³/mol. The Hall–Kier alpha value is -1.56. The Labute approximate surface area is 169 Å². The van der Waals surface area contributed by atoms with Crippen molar-refractivity contribution in [2.75, 3.05) is 25.1 Å². The van der Waals surface area contributed by atoms with E-state index < -0.39 is 5.54 Å². The molecule has 27 heavy (non-hydrogen) atoms. The molecule has 1 aromatic heterocycles. The number of halogens is 2. The van der Waals surface area contributed by atoms with Crippen molar-refractivity contribution >= 4 is 28.9 Å². The molecule has 1 saturated heterocycles. The minimum atomic E-state index is -0.426. The zero-order valence-corrected chi connectivity index (χ0v) is 17.4. The second kappa shape index (κ2) is 7.82. The van der Waals surface area contributed by atoms with E-state index in [1.807, 2.05) is 32.9 Å². The van der Waals surface area contributed by atoms with Gasteiger partial charge in [0.25, 0.3) is 5.56 Å². The molecule has 1 aliphatic rings. The van der Waals surface area contributed by atoms with E-state index in [1.54, 1.807) is 6.20 Å². The molecule has 0 atom stereocenters. The van der Waals surface area contributed by atoms with Crippen LogP contribution in [0.3, 0.4) is 0 Å². The highest BCUT2D eigenvalue weighted by Crippen LogP contribution is 2.36. The SMILES string of the molecule is CC(C)(C)n1ncc(NCC2(c3ccc(Cl)cc3)CCOCC2)c(Cl)c1=O. The molecule has 2 aromatic rings. The van der Waals surface area contributed by atoms with Crippen LogP contribution in [0.15, 0.2) is 35.3 Å². The molecule has 0 radical (unpaired) electrons. The van der Waals surface area contributed by atoms with Crippen LogP contribution in [0.4, 0.5) is 5.69 Å². The average molecular weight is 410 g/mol. The van der Waals surface area contributed by atoms with Crippen LogP contribution in [-0.2, 0) is 15.7 Å². The molecule has 0 bridgehead atoms. The zero-order valence-electron chi connectivity index (χ0n) is 15.9. The average Bonchev–Trinajstić information content (AvgIpc) is 2.63. The zero-order chi connectivity index (χ0) is 19.7. The van der Waals surface area contributed by atoms with Crippen LogP contribution in [0.2, 0.25) is 10.0 Å². The van der Waals surface area contributed by atoms with E-state index in [2.05, 4.69) is 22.5 Å². The van der Waals surface area contributed by atoms with Crippen LogP contribution in [-0.4, -0.2) is 29.5 Å². The van der Waals surface area contributed by atoms with Crippen molar-refractivity contribution in [2.45, 2.75) is 44.6 Å². The van der Waals surface area contributed by atoms with Gasteiger partial charge < -0.3 is 10.1 Å². The fourth-order valence-electron chi connectivity index (χ4n) is 3.43. The molecular formula is C20H25Cl2N3O2. The van der Waals surface area contributed by atoms with Crippen molar-refractivity contribution < 1.29 is 4.74 Å². The smallest absolute Gasteiger partial charge is 0.288 e. The fraction of sp³-hybridized carbons (Fsp3) is 0.500. The number of nitrogens with zero attached hydrogens (tertiary/aromatic N) is 2. The Bertz CT molecular complexity index is 851. The van der Waals surface area contributed by atoms with Gasteiger partial charge in [-0.3, -0.25) is 4.79 Å². The second-order valence-corrected chi connectivity index (χ2v) is 8.83. The van der Waals surface area contributed by atoms with E-state index in [0.717, 1.165) is 12.8 Å². The molecule has 1 aromatic carbocycles. The van der Waals surface area contributed by atoms with Crippen LogP contribution in [0, 0.1) is 0 Å². The Kier molecular flexibility index (Phi) is 5.84. The summed E-state index contributed by atoms with van der Waals surface area (Å²) in [7, 11) is 0. The number of benzene rings is 1. The first-order chi connectivity index (χ1) is 12.7. The summed E-state index contributed by atoms with van der Waals surface area (Å²) < 4.78 is 6.98. The summed E-state index contributed by atoms with van der Waals surface area (Å²) in [6.07, 6.45) is 3.39. The lowest BCUT2D eigenvalue weighted by atomic mass is 9.74. The molecule has 0 unspecified atom stereocenters. The Balaban J connectivity index is 1.87. The van der Waals surface area contributed by atoms with Crippen LogP contribution in [0.25, 0.3) is 0 Å². The minimum absolute atomic E-state index is 0.106. The predicted octanol–water partition coefficient (Wildman–Crippen LogP) is 4.47. The molecule has 2 heterocycles. The van der Waals surface area contributed by atoms with Gasteiger partial charge in [-0.1, -0.05) is 35.3 Å². The maximum Gasteiger partial charge on any atom is 0.288 e. The van der Waals surface area contributed by atoms with E-state index in [0.29, 0.717) is 30.5 Å². The van der Waals surface area contributed by atoms with Crippen molar-refractivity contribution in [3.63, 3.8) is 0 Å². The molecule has 0 amide bonds. The quantitative estimate of drug-likeness (QED) is 0.809. The van der Waals surface area contributed by atoms with Gasteiger partial charge in [0, 0.05) is 30.2 Å². The number of aromatic nitrogens is 2. The molecule has 0 spiro atoms. The molecule has 0 aliphatic carbocycles. The van der Waals surface area contributed by atoms with E-state index in [4.69, 9.17) is 27.9 Å². The number of rotatable bonds is 4. The van der Waals surface area contributed by atoms with Crippen LogP contribution >= 0.6 is 23.2 Å². The van der Waals surface area contributed by atoms with Gasteiger partial charge in [-0.25, -0.2) is 4.68 Å². The third kappa shape index (κ3) is 4.31. The molecular weight excluding hydrogens is 385 g/mol. The molecule has 7 heteroatoms. The molecule has 3 rings (SSSR count). The summed E-state index contributed by atoms with van der Waals surface area (Å²) >= 11 is 12.4. The van der Waals surface area contributed by atoms with E-state index in [9.17, 15) is 4.79 Å². The molecule has 5 nitrogen and oxygen atoms in total. The van der Waals surface area contributed by atoms with Crippen molar-refractivity contribution in [2.24, 2.45) is 0 Å². The second-order valence-electron chi connectivity index (χ2n) is 8.01. The van der Waals surface area contributed by atoms with Crippen LogP contribution < -0.4 is 10.9 Å². The summed E-state index contributed by atoms with van der Waals surface area (Å²) in [5, 5.41) is 8.54. The summed E-state index contributed by atoms with van der Waals surface area (Å²) in [5.41, 5.74) is 0.939. The van der Waals surface area contributed by atoms with Crippen LogP contribution in [0.5, 0.6) is 0 Å². The van der Waals surface area contributed by atoms with E-state index >= 15 is 0 Å². The standard InChI is InChI=1S/C20H25Cl2N3O2/c1-19(2,3)25-18(26)17(22)16(12-24-25)23-13-20(8-10-27-11-9-20)14-4-6-15(21)7-5-14/h4-7,12,23H,8-11,13H2,1-3H3. The molecule has 1 aliphatic heterocycles. The van der Waals surface area contributed by atoms with Gasteiger partial charge in [-0.15, -0.1) is 0 Å². The number of hydrogen-bond donors (Lipinski definition) is 1. The topological polar surface area (TPSA) is 56.1 Å². The van der Waals surface area contributed by atoms with Gasteiger partial charge in [-0.05, 0) is 51.3 Å². The van der Waals surface area contributed by atoms with Gasteiger partial charge in [0.1, 0.15) is 5.02 Å². The largest absolute Gasteiger partial charge is 0.381 e. The summed E-state index contributed by atoms with van der Waals surface area (Å²) in [6.45, 7) is 7.79. The van der Waals surface area contributed by atoms with E-state index in [1.165, 1.54) is 10.2 Å². The van der Waals surface area contributed by atoms with Crippen LogP contribution in [0.1, 0.15) is 39.2 Å². The lowest BCUT2D eigenvalue weighted by molar-refractivity contribution is 0.0544. The van der Waals surface area contributed by atoms with Crippen molar-refractivity contribution in [3.05, 3.63) is 56.4 Å². The number of ether oxygens (including phenoxy) is 1. The molecule has 1 fully saturated rings. The van der Waals surface area contributed by atoms with Gasteiger partial charge >= 0.3 is 0 Å². The Morgan fingerprint density at radius 1 is 1.19 bits per heavy atom. The number of anilines is 1. The van der Waals surface area contributed by atoms with Gasteiger partial charge in [0.05, 0.1) is 17.4 Å². The highest BCUT2D eigenvalue weighted by molar-refractivity contribution is 6.33. The summed E-state index contributed by atoms with van der Waals surface area (Å²) in [6, 6.07) is 7.94. The number of nitrogens with one attached hydrogen (secondary N) is 1. The first-order valence-electron chi connectivity index (χ1n) is 9.09. The highest BCUT2D eigenvalue weighted by Gasteiger charge is 2.34. The highest BCUT2D eigenvalue weighted by atomic mass is 35.5. The molecule has 146 valence electrons. The number of hydrogen-bond acceptors (Lipinski definition) is 4. The minimum Gasteiger partial charge on any atom is -0.381 e. The molecule has 0 saturated carbocycles. The van der Waals surface area contributed by atoms with Crippen molar-refractivity contribution in [3.8, 4) is 0 Å². The first kappa shape index (κ1) is 20.2. The van der Waals surface area contributed by atoms with Gasteiger partial charge in [0.2, 0.25) is 0 Å². The van der Waals surface area contributed by atoms with Crippen molar-refractivity contribution in [1.82, 2.24) is 9.78 Å². The third-order valence-corrected chi connectivity index (χ3v) is 5.70. The molecule has 1 N–H and O–H groups in total. The van der Waals surface area contributed by atoms with Gasteiger partial charge in [0.15, 0.2) is 0 Å². The normalized spacial score (nSPS) is 16.9. The third-order valence-electron chi connectivity index (χ3n) is 5.08. The lowest BCUT2D eigenvalue weighted by Gasteiger charge is -2.38. The Morgan fingerprint density at radius 3 is 2.41 bits per heavy atom. The Morgan fingerprint density at radius 2 is 1.81 bits per heavy atom. The maximum absolute atomic E-state index is 12.6. The summed E-state index contributed by atoms with van der Waals surface area (Å²) in [5.74, 6) is 0. The lowest BCUT2D eigenvalue weighted by Crippen LogP contribution is -2.41. The van der Waals surface area contributed by atoms with Crippen molar-refractivity contribution in [1.29, 1.82) is 0 Å². The maximum atomic E-state index is 12.6. The summed E-state index contributed by atoms with van der Waals surface area (Å²) in [4.78, 5) is 12.6. The monoisotopic (exact) mass is 409 g/mol.